The lowest BCUT2D eigenvalue weighted by Crippen LogP contribution is -2.40. The number of anilines is 1. The van der Waals surface area contributed by atoms with Crippen molar-refractivity contribution >= 4 is 17.7 Å². The molecule has 0 spiro atoms. The molecule has 1 amide bonds. The van der Waals surface area contributed by atoms with Crippen LogP contribution in [0.5, 0.6) is 17.4 Å². The Morgan fingerprint density at radius 2 is 1.90 bits per heavy atom. The predicted octanol–water partition coefficient (Wildman–Crippen LogP) is 5.71. The summed E-state index contributed by atoms with van der Waals surface area (Å²) in [6, 6.07) is 8.34. The highest BCUT2D eigenvalue weighted by molar-refractivity contribution is 5.93. The Balaban J connectivity index is 1.43. The number of hydrogen-bond acceptors (Lipinski definition) is 8. The second-order valence-electron chi connectivity index (χ2n) is 10.7. The number of carbonyl (C=O) groups is 2. The van der Waals surface area contributed by atoms with E-state index in [4.69, 9.17) is 18.9 Å². The van der Waals surface area contributed by atoms with E-state index in [2.05, 4.69) is 10.3 Å². The summed E-state index contributed by atoms with van der Waals surface area (Å²) in [6.07, 6.45) is 7.02. The molecule has 2 atom stereocenters. The number of halogens is 1. The van der Waals surface area contributed by atoms with Gasteiger partial charge in [-0.25, -0.2) is 19.0 Å². The lowest BCUT2D eigenvalue weighted by atomic mass is 9.97. The normalized spacial score (nSPS) is 20.7. The Labute approximate surface area is 227 Å². The molecule has 4 rings (SSSR count). The minimum Gasteiger partial charge on any atom is -0.483 e. The van der Waals surface area contributed by atoms with Gasteiger partial charge in [0, 0.05) is 19.5 Å². The van der Waals surface area contributed by atoms with Gasteiger partial charge < -0.3 is 29.2 Å². The molecule has 0 bridgehead atoms. The molecule has 2 aromatic rings. The van der Waals surface area contributed by atoms with Gasteiger partial charge in [-0.1, -0.05) is 6.08 Å². The van der Waals surface area contributed by atoms with Crippen molar-refractivity contribution in [3.63, 3.8) is 0 Å². The van der Waals surface area contributed by atoms with Gasteiger partial charge in [-0.3, -0.25) is 0 Å². The molecule has 1 aromatic carbocycles. The largest absolute Gasteiger partial charge is 0.483 e. The first-order valence-electron chi connectivity index (χ1n) is 12.8. The Bertz CT molecular complexity index is 1270. The van der Waals surface area contributed by atoms with E-state index in [0.717, 1.165) is 6.42 Å². The maximum absolute atomic E-state index is 13.7. The Kier molecular flexibility index (Phi) is 8.13. The molecule has 1 fully saturated rings. The van der Waals surface area contributed by atoms with Crippen LogP contribution in [0.2, 0.25) is 0 Å². The van der Waals surface area contributed by atoms with E-state index in [9.17, 15) is 14.0 Å². The molecular formula is C29H34FN3O6. The number of amides is 1. The minimum atomic E-state index is -0.784. The number of benzene rings is 1. The molecule has 39 heavy (non-hydrogen) atoms. The van der Waals surface area contributed by atoms with E-state index >= 15 is 0 Å². The molecule has 1 aromatic heterocycles. The molecular weight excluding hydrogens is 505 g/mol. The molecule has 10 heteroatoms. The third-order valence-electron chi connectivity index (χ3n) is 6.15. The summed E-state index contributed by atoms with van der Waals surface area (Å²) in [4.78, 5) is 31.1. The number of nitrogens with one attached hydrogen (secondary N) is 1. The topological polar surface area (TPSA) is 99.2 Å². The number of nitrogens with zero attached hydrogens (tertiary/aromatic N) is 2. The second kappa shape index (κ2) is 11.3. The summed E-state index contributed by atoms with van der Waals surface area (Å²) in [6.45, 7) is 8.46. The smallest absolute Gasteiger partial charge is 0.407 e. The highest BCUT2D eigenvalue weighted by Gasteiger charge is 2.28. The summed E-state index contributed by atoms with van der Waals surface area (Å²) in [7, 11) is 1.29. The van der Waals surface area contributed by atoms with Crippen molar-refractivity contribution in [1.29, 1.82) is 0 Å². The summed E-state index contributed by atoms with van der Waals surface area (Å²) >= 11 is 0. The Morgan fingerprint density at radius 3 is 2.56 bits per heavy atom. The number of carbonyl (C=O) groups excluding carboxylic acids is 2. The first-order chi connectivity index (χ1) is 18.4. The van der Waals surface area contributed by atoms with Gasteiger partial charge in [0.2, 0.25) is 5.88 Å². The van der Waals surface area contributed by atoms with Crippen molar-refractivity contribution in [2.24, 2.45) is 0 Å². The van der Waals surface area contributed by atoms with Crippen molar-refractivity contribution < 1.29 is 32.9 Å². The molecule has 2 heterocycles. The highest BCUT2D eigenvalue weighted by atomic mass is 19.1. The zero-order chi connectivity index (χ0) is 28.2. The third-order valence-corrected chi connectivity index (χ3v) is 6.15. The van der Waals surface area contributed by atoms with Crippen LogP contribution in [0.4, 0.5) is 14.9 Å². The van der Waals surface area contributed by atoms with Crippen molar-refractivity contribution in [3.05, 3.63) is 66.1 Å². The Morgan fingerprint density at radius 1 is 1.18 bits per heavy atom. The number of methoxy groups -OCH3 is 1. The number of pyridine rings is 1. The van der Waals surface area contributed by atoms with Crippen LogP contribution in [0, 0.1) is 0 Å². The van der Waals surface area contributed by atoms with Crippen molar-refractivity contribution in [2.45, 2.75) is 57.8 Å². The molecule has 208 valence electrons. The predicted molar refractivity (Wildman–Crippen MR) is 144 cm³/mol. The van der Waals surface area contributed by atoms with E-state index < -0.39 is 23.3 Å². The summed E-state index contributed by atoms with van der Waals surface area (Å²) in [5, 5.41) is 2.89. The van der Waals surface area contributed by atoms with Crippen LogP contribution in [0.25, 0.3) is 0 Å². The van der Waals surface area contributed by atoms with Crippen LogP contribution in [0.1, 0.15) is 50.9 Å². The fraction of sp³-hybridized carbons (Fsp3) is 0.414. The van der Waals surface area contributed by atoms with Crippen LogP contribution >= 0.6 is 0 Å². The van der Waals surface area contributed by atoms with E-state index in [0.29, 0.717) is 36.7 Å². The standard InChI is InChI=1S/C29H34FN3O6/c1-28(2,3)39-27(35)32-20-12-14-33(18-20)21-15-24(26(34)36-5)25(31-17-21)37-22-8-10-23(11-9-22)38-29(4)13-6-7-19(30)16-29/h6-11,15-17,20H,12-14,18H2,1-5H3,(H,32,35). The fourth-order valence-corrected chi connectivity index (χ4v) is 4.37. The lowest BCUT2D eigenvalue weighted by molar-refractivity contribution is 0.0508. The highest BCUT2D eigenvalue weighted by Crippen LogP contribution is 2.32. The molecule has 9 nitrogen and oxygen atoms in total. The van der Waals surface area contributed by atoms with Crippen LogP contribution < -0.4 is 19.7 Å². The summed E-state index contributed by atoms with van der Waals surface area (Å²) < 4.78 is 35.9. The van der Waals surface area contributed by atoms with Gasteiger partial charge in [0.05, 0.1) is 25.0 Å². The average Bonchev–Trinajstić information content (AvgIpc) is 3.31. The number of alkyl carbamates (subject to hydrolysis) is 1. The van der Waals surface area contributed by atoms with E-state index in [1.807, 2.05) is 32.6 Å². The number of ether oxygens (including phenoxy) is 4. The van der Waals surface area contributed by atoms with E-state index in [1.54, 1.807) is 42.6 Å². The maximum atomic E-state index is 13.7. The van der Waals surface area contributed by atoms with Crippen molar-refractivity contribution in [3.8, 4) is 17.4 Å². The SMILES string of the molecule is COC(=O)c1cc(N2CCC(NC(=O)OC(C)(C)C)C2)cnc1Oc1ccc(OC2(C)C=C(F)C=CC2)cc1. The molecule has 2 aliphatic rings. The zero-order valence-corrected chi connectivity index (χ0v) is 22.8. The molecule has 1 aliphatic carbocycles. The van der Waals surface area contributed by atoms with Crippen molar-refractivity contribution in [1.82, 2.24) is 10.3 Å². The van der Waals surface area contributed by atoms with E-state index in [1.165, 1.54) is 19.3 Å². The van der Waals surface area contributed by atoms with Gasteiger partial charge >= 0.3 is 12.1 Å². The zero-order valence-electron chi connectivity index (χ0n) is 22.8. The van der Waals surface area contributed by atoms with Gasteiger partial charge in [-0.05, 0) is 76.6 Å². The molecule has 0 saturated carbocycles. The number of aromatic nitrogens is 1. The van der Waals surface area contributed by atoms with Crippen LogP contribution in [-0.2, 0) is 9.47 Å². The molecule has 1 saturated heterocycles. The van der Waals surface area contributed by atoms with Gasteiger partial charge in [0.1, 0.15) is 34.1 Å². The molecule has 1 aliphatic heterocycles. The quantitative estimate of drug-likeness (QED) is 0.447. The minimum absolute atomic E-state index is 0.0938. The summed E-state index contributed by atoms with van der Waals surface area (Å²) in [5.41, 5.74) is -0.489. The number of allylic oxidation sites excluding steroid dienone is 2. The third kappa shape index (κ3) is 7.49. The monoisotopic (exact) mass is 539 g/mol. The average molecular weight is 540 g/mol. The van der Waals surface area contributed by atoms with Crippen LogP contribution in [0.15, 0.2) is 60.6 Å². The maximum Gasteiger partial charge on any atom is 0.407 e. The van der Waals surface area contributed by atoms with Gasteiger partial charge in [-0.15, -0.1) is 0 Å². The molecule has 2 unspecified atom stereocenters. The van der Waals surface area contributed by atoms with Crippen LogP contribution in [0.3, 0.4) is 0 Å². The fourth-order valence-electron chi connectivity index (χ4n) is 4.37. The first kappa shape index (κ1) is 27.9. The molecule has 1 N–H and O–H groups in total. The van der Waals surface area contributed by atoms with Gasteiger partial charge in [0.25, 0.3) is 0 Å². The number of rotatable bonds is 7. The number of hydrogen-bond donors (Lipinski definition) is 1. The van der Waals surface area contributed by atoms with Gasteiger partial charge in [-0.2, -0.15) is 0 Å². The second-order valence-corrected chi connectivity index (χ2v) is 10.7. The van der Waals surface area contributed by atoms with Crippen molar-refractivity contribution in [2.75, 3.05) is 25.1 Å². The molecule has 0 radical (unpaired) electrons. The summed E-state index contributed by atoms with van der Waals surface area (Å²) in [5.74, 6) is 0.151. The first-order valence-corrected chi connectivity index (χ1v) is 12.8. The van der Waals surface area contributed by atoms with E-state index in [-0.39, 0.29) is 23.3 Å². The van der Waals surface area contributed by atoms with Gasteiger partial charge in [0.15, 0.2) is 0 Å². The number of esters is 1. The van der Waals surface area contributed by atoms with Crippen LogP contribution in [-0.4, -0.2) is 54.5 Å². The lowest BCUT2D eigenvalue weighted by Gasteiger charge is -2.28. The Hall–Kier alpha value is -4.08.